The van der Waals surface area contributed by atoms with Crippen LogP contribution in [0.25, 0.3) is 11.1 Å². The van der Waals surface area contributed by atoms with E-state index < -0.39 is 17.6 Å². The third-order valence-corrected chi connectivity index (χ3v) is 6.40. The number of morpholine rings is 1. The van der Waals surface area contributed by atoms with Crippen LogP contribution in [-0.2, 0) is 10.9 Å². The second kappa shape index (κ2) is 12.7. The summed E-state index contributed by atoms with van der Waals surface area (Å²) in [6, 6.07) is 11.7. The van der Waals surface area contributed by atoms with Crippen LogP contribution < -0.4 is 15.0 Å². The number of amides is 1. The average molecular weight is 538 g/mol. The Kier molecular flexibility index (Phi) is 9.10. The standard InChI is InChI=1S/C30H30F3N3O3/c1-3-4-5-6-14-39-29-27(36-12-15-38-16-13-36)18-23(20-34-29)26-19-25(11-10-21(26)2)35-28(37)22-8-7-9-24(17-22)30(31,32)33/h1,7-11,17-20H,4-6,12-16H2,2H3,(H,35,37). The van der Waals surface area contributed by atoms with Gasteiger partial charge in [-0.2, -0.15) is 13.2 Å². The van der Waals surface area contributed by atoms with Gasteiger partial charge in [-0.1, -0.05) is 12.1 Å². The van der Waals surface area contributed by atoms with Crippen LogP contribution in [-0.4, -0.2) is 43.8 Å². The van der Waals surface area contributed by atoms with Gasteiger partial charge >= 0.3 is 6.18 Å². The van der Waals surface area contributed by atoms with Gasteiger partial charge in [-0.3, -0.25) is 4.79 Å². The predicted molar refractivity (Wildman–Crippen MR) is 145 cm³/mol. The summed E-state index contributed by atoms with van der Waals surface area (Å²) in [5, 5.41) is 2.72. The second-order valence-electron chi connectivity index (χ2n) is 9.22. The van der Waals surface area contributed by atoms with E-state index in [0.717, 1.165) is 47.4 Å². The molecule has 3 aromatic rings. The number of terminal acetylenes is 1. The summed E-state index contributed by atoms with van der Waals surface area (Å²) in [4.78, 5) is 19.6. The van der Waals surface area contributed by atoms with Crippen molar-refractivity contribution in [1.82, 2.24) is 4.98 Å². The molecule has 204 valence electrons. The molecular formula is C30H30F3N3O3. The molecule has 0 bridgehead atoms. The number of nitrogens with zero attached hydrogens (tertiary/aromatic N) is 2. The van der Waals surface area contributed by atoms with Gasteiger partial charge in [0.1, 0.15) is 5.69 Å². The first-order chi connectivity index (χ1) is 18.8. The summed E-state index contributed by atoms with van der Waals surface area (Å²) in [5.74, 6) is 2.54. The van der Waals surface area contributed by atoms with Crippen LogP contribution in [0.4, 0.5) is 24.5 Å². The molecule has 1 aliphatic heterocycles. The van der Waals surface area contributed by atoms with Crippen LogP contribution in [0.5, 0.6) is 5.88 Å². The van der Waals surface area contributed by atoms with E-state index >= 15 is 0 Å². The minimum atomic E-state index is -4.53. The third-order valence-electron chi connectivity index (χ3n) is 6.40. The number of aryl methyl sites for hydroxylation is 1. The summed E-state index contributed by atoms with van der Waals surface area (Å²) in [5.41, 5.74) is 2.96. The lowest BCUT2D eigenvalue weighted by atomic mass is 10.0. The van der Waals surface area contributed by atoms with E-state index in [1.807, 2.05) is 19.1 Å². The molecule has 2 heterocycles. The van der Waals surface area contributed by atoms with Crippen LogP contribution in [0, 0.1) is 19.3 Å². The van der Waals surface area contributed by atoms with Gasteiger partial charge in [-0.15, -0.1) is 12.3 Å². The fraction of sp³-hybridized carbons (Fsp3) is 0.333. The summed E-state index contributed by atoms with van der Waals surface area (Å²) >= 11 is 0. The summed E-state index contributed by atoms with van der Waals surface area (Å²) in [6.07, 6.45) is 4.92. The molecule has 1 N–H and O–H groups in total. The lowest BCUT2D eigenvalue weighted by Gasteiger charge is -2.30. The summed E-state index contributed by atoms with van der Waals surface area (Å²) in [7, 11) is 0. The number of benzene rings is 2. The number of hydrogen-bond donors (Lipinski definition) is 1. The van der Waals surface area contributed by atoms with E-state index in [0.29, 0.717) is 50.9 Å². The molecule has 1 aromatic heterocycles. The largest absolute Gasteiger partial charge is 0.476 e. The molecule has 0 aliphatic carbocycles. The minimum absolute atomic E-state index is 0.0769. The van der Waals surface area contributed by atoms with E-state index in [9.17, 15) is 18.0 Å². The number of nitrogens with one attached hydrogen (secondary N) is 1. The Labute approximate surface area is 226 Å². The van der Waals surface area contributed by atoms with E-state index in [4.69, 9.17) is 15.9 Å². The smallest absolute Gasteiger partial charge is 0.416 e. The molecule has 4 rings (SSSR count). The van der Waals surface area contributed by atoms with Gasteiger partial charge in [0.25, 0.3) is 5.91 Å². The Bertz CT molecular complexity index is 1350. The highest BCUT2D eigenvalue weighted by molar-refractivity contribution is 6.04. The predicted octanol–water partition coefficient (Wildman–Crippen LogP) is 6.35. The van der Waals surface area contributed by atoms with Crippen LogP contribution in [0.2, 0.25) is 0 Å². The highest BCUT2D eigenvalue weighted by Gasteiger charge is 2.31. The van der Waals surface area contributed by atoms with Crippen molar-refractivity contribution >= 4 is 17.3 Å². The third kappa shape index (κ3) is 7.30. The van der Waals surface area contributed by atoms with E-state index in [-0.39, 0.29) is 5.56 Å². The number of ether oxygens (including phenoxy) is 2. The van der Waals surface area contributed by atoms with Crippen molar-refractivity contribution in [1.29, 1.82) is 0 Å². The van der Waals surface area contributed by atoms with E-state index in [2.05, 4.69) is 21.1 Å². The quantitative estimate of drug-likeness (QED) is 0.255. The second-order valence-corrected chi connectivity index (χ2v) is 9.22. The maximum Gasteiger partial charge on any atom is 0.416 e. The van der Waals surface area contributed by atoms with Crippen molar-refractivity contribution in [2.75, 3.05) is 43.1 Å². The van der Waals surface area contributed by atoms with E-state index in [1.54, 1.807) is 18.3 Å². The molecule has 0 spiro atoms. The number of carbonyl (C=O) groups is 1. The fourth-order valence-corrected chi connectivity index (χ4v) is 4.28. The van der Waals surface area contributed by atoms with Gasteiger partial charge in [0.2, 0.25) is 5.88 Å². The van der Waals surface area contributed by atoms with Crippen LogP contribution in [0.3, 0.4) is 0 Å². The fourth-order valence-electron chi connectivity index (χ4n) is 4.28. The molecular weight excluding hydrogens is 507 g/mol. The highest BCUT2D eigenvalue weighted by atomic mass is 19.4. The number of unbranched alkanes of at least 4 members (excludes halogenated alkanes) is 2. The zero-order valence-electron chi connectivity index (χ0n) is 21.7. The number of alkyl halides is 3. The zero-order chi connectivity index (χ0) is 27.8. The van der Waals surface area contributed by atoms with E-state index in [1.165, 1.54) is 12.1 Å². The van der Waals surface area contributed by atoms with Crippen molar-refractivity contribution in [3.05, 3.63) is 71.4 Å². The average Bonchev–Trinajstić information content (AvgIpc) is 2.94. The molecule has 1 saturated heterocycles. The van der Waals surface area contributed by atoms with Crippen molar-refractivity contribution < 1.29 is 27.4 Å². The minimum Gasteiger partial charge on any atom is -0.476 e. The number of anilines is 2. The Hall–Kier alpha value is -4.03. The highest BCUT2D eigenvalue weighted by Crippen LogP contribution is 2.35. The topological polar surface area (TPSA) is 63.7 Å². The molecule has 0 unspecified atom stereocenters. The Morgan fingerprint density at radius 2 is 1.95 bits per heavy atom. The molecule has 1 fully saturated rings. The molecule has 2 aromatic carbocycles. The SMILES string of the molecule is C#CCCCCOc1ncc(-c2cc(NC(=O)c3cccc(C(F)(F)F)c3)ccc2C)cc1N1CCOCC1. The van der Waals surface area contributed by atoms with Gasteiger partial charge in [0, 0.05) is 42.5 Å². The lowest BCUT2D eigenvalue weighted by Crippen LogP contribution is -2.36. The molecule has 39 heavy (non-hydrogen) atoms. The van der Waals surface area contributed by atoms with Gasteiger partial charge in [0.15, 0.2) is 0 Å². The molecule has 0 saturated carbocycles. The molecule has 1 amide bonds. The Morgan fingerprint density at radius 1 is 1.15 bits per heavy atom. The first kappa shape index (κ1) is 28.0. The first-order valence-corrected chi connectivity index (χ1v) is 12.7. The molecule has 9 heteroatoms. The van der Waals surface area contributed by atoms with Crippen molar-refractivity contribution in [3.8, 4) is 29.4 Å². The number of rotatable bonds is 9. The number of carbonyl (C=O) groups excluding carboxylic acids is 1. The van der Waals surface area contributed by atoms with Gasteiger partial charge in [-0.05, 0) is 67.3 Å². The monoisotopic (exact) mass is 537 g/mol. The van der Waals surface area contributed by atoms with Gasteiger partial charge in [-0.25, -0.2) is 4.98 Å². The van der Waals surface area contributed by atoms with Crippen LogP contribution in [0.1, 0.15) is 40.7 Å². The summed E-state index contributed by atoms with van der Waals surface area (Å²) < 4.78 is 50.8. The zero-order valence-corrected chi connectivity index (χ0v) is 21.7. The first-order valence-electron chi connectivity index (χ1n) is 12.7. The Balaban J connectivity index is 1.58. The van der Waals surface area contributed by atoms with Crippen molar-refractivity contribution in [3.63, 3.8) is 0 Å². The van der Waals surface area contributed by atoms with Crippen LogP contribution in [0.15, 0.2) is 54.7 Å². The van der Waals surface area contributed by atoms with Gasteiger partial charge in [0.05, 0.1) is 25.4 Å². The van der Waals surface area contributed by atoms with Crippen molar-refractivity contribution in [2.45, 2.75) is 32.4 Å². The van der Waals surface area contributed by atoms with Crippen molar-refractivity contribution in [2.24, 2.45) is 0 Å². The molecule has 0 radical (unpaired) electrons. The molecule has 1 aliphatic rings. The number of halogens is 3. The van der Waals surface area contributed by atoms with Gasteiger partial charge < -0.3 is 19.7 Å². The number of hydrogen-bond acceptors (Lipinski definition) is 5. The summed E-state index contributed by atoms with van der Waals surface area (Å²) in [6.45, 7) is 5.04. The number of pyridine rings is 1. The normalized spacial score (nSPS) is 13.6. The lowest BCUT2D eigenvalue weighted by molar-refractivity contribution is -0.137. The number of aromatic nitrogens is 1. The molecule has 6 nitrogen and oxygen atoms in total. The van der Waals surface area contributed by atoms with Crippen LogP contribution >= 0.6 is 0 Å². The maximum atomic E-state index is 13.1. The maximum absolute atomic E-state index is 13.1. The Morgan fingerprint density at radius 3 is 2.69 bits per heavy atom. The molecule has 0 atom stereocenters.